The third-order valence-electron chi connectivity index (χ3n) is 3.77. The van der Waals surface area contributed by atoms with E-state index in [1.54, 1.807) is 13.0 Å². The topological polar surface area (TPSA) is 111 Å². The van der Waals surface area contributed by atoms with Crippen molar-refractivity contribution in [2.75, 3.05) is 13.7 Å². The summed E-state index contributed by atoms with van der Waals surface area (Å²) in [5.41, 5.74) is 0.567. The Kier molecular flexibility index (Phi) is 5.26. The van der Waals surface area contributed by atoms with Gasteiger partial charge in [0.15, 0.2) is 11.5 Å². The highest BCUT2D eigenvalue weighted by atomic mass is 16.6. The maximum Gasteiger partial charge on any atom is 0.322 e. The zero-order chi connectivity index (χ0) is 18.7. The van der Waals surface area contributed by atoms with Gasteiger partial charge < -0.3 is 14.8 Å². The van der Waals surface area contributed by atoms with E-state index in [1.807, 2.05) is 0 Å². The van der Waals surface area contributed by atoms with Crippen LogP contribution in [-0.2, 0) is 4.79 Å². The van der Waals surface area contributed by atoms with E-state index in [1.165, 1.54) is 37.9 Å². The first-order valence-electron chi connectivity index (χ1n) is 7.60. The number of esters is 1. The number of nitro groups is 1. The molecule has 0 bridgehead atoms. The van der Waals surface area contributed by atoms with Crippen LogP contribution in [0.1, 0.15) is 32.4 Å². The van der Waals surface area contributed by atoms with Gasteiger partial charge in [-0.3, -0.25) is 19.8 Å². The smallest absolute Gasteiger partial charge is 0.322 e. The van der Waals surface area contributed by atoms with Gasteiger partial charge in [-0.1, -0.05) is 6.07 Å². The van der Waals surface area contributed by atoms with E-state index in [-0.39, 0.29) is 22.9 Å². The maximum atomic E-state index is 12.0. The third-order valence-corrected chi connectivity index (χ3v) is 3.77. The van der Waals surface area contributed by atoms with Gasteiger partial charge in [0.25, 0.3) is 5.70 Å². The number of nitrogens with zero attached hydrogens (tertiary/aromatic N) is 2. The van der Waals surface area contributed by atoms with Gasteiger partial charge in [0, 0.05) is 14.0 Å². The van der Waals surface area contributed by atoms with E-state index in [4.69, 9.17) is 9.47 Å². The number of benzene rings is 1. The average Bonchev–Trinajstić information content (AvgIpc) is 2.53. The number of amides is 2. The van der Waals surface area contributed by atoms with E-state index in [0.717, 1.165) is 0 Å². The molecule has 0 saturated carbocycles. The Balaban J connectivity index is 2.52. The Morgan fingerprint density at radius 1 is 1.40 bits per heavy atom. The van der Waals surface area contributed by atoms with Crippen LogP contribution in [0.4, 0.5) is 4.79 Å². The molecule has 1 heterocycles. The number of rotatable bonds is 5. The molecular weight excluding hydrogens is 330 g/mol. The second-order valence-electron chi connectivity index (χ2n) is 5.40. The molecule has 2 rings (SSSR count). The fourth-order valence-corrected chi connectivity index (χ4v) is 2.51. The Bertz CT molecular complexity index is 758. The summed E-state index contributed by atoms with van der Waals surface area (Å²) >= 11 is 0. The number of carbonyl (C=O) groups excluding carboxylic acids is 2. The predicted molar refractivity (Wildman–Crippen MR) is 87.7 cm³/mol. The van der Waals surface area contributed by atoms with Gasteiger partial charge in [0.1, 0.15) is 6.04 Å². The lowest BCUT2D eigenvalue weighted by molar-refractivity contribution is -0.433. The van der Waals surface area contributed by atoms with Crippen LogP contribution < -0.4 is 14.8 Å². The molecule has 0 fully saturated rings. The zero-order valence-electron chi connectivity index (χ0n) is 14.4. The van der Waals surface area contributed by atoms with Crippen LogP contribution in [0, 0.1) is 10.1 Å². The fourth-order valence-electron chi connectivity index (χ4n) is 2.51. The summed E-state index contributed by atoms with van der Waals surface area (Å²) in [6, 6.07) is 3.17. The summed E-state index contributed by atoms with van der Waals surface area (Å²) in [6.07, 6.45) is 0. The first kappa shape index (κ1) is 18.2. The number of urea groups is 1. The summed E-state index contributed by atoms with van der Waals surface area (Å²) in [6.45, 7) is 4.85. The molecule has 134 valence electrons. The lowest BCUT2D eigenvalue weighted by Crippen LogP contribution is -2.45. The molecule has 0 unspecified atom stereocenters. The van der Waals surface area contributed by atoms with Crippen molar-refractivity contribution in [3.63, 3.8) is 0 Å². The highest BCUT2D eigenvalue weighted by molar-refractivity contribution is 5.78. The zero-order valence-corrected chi connectivity index (χ0v) is 14.4. The van der Waals surface area contributed by atoms with Crippen molar-refractivity contribution in [2.24, 2.45) is 0 Å². The van der Waals surface area contributed by atoms with Crippen LogP contribution in [-0.4, -0.2) is 35.5 Å². The van der Waals surface area contributed by atoms with Crippen LogP contribution in [0.3, 0.4) is 0 Å². The minimum absolute atomic E-state index is 0.134. The van der Waals surface area contributed by atoms with Crippen LogP contribution in [0.5, 0.6) is 11.5 Å². The lowest BCUT2D eigenvalue weighted by atomic mass is 10.00. The summed E-state index contributed by atoms with van der Waals surface area (Å²) in [5.74, 6) is -0.0348. The molecule has 0 radical (unpaired) electrons. The SMILES string of the molecule is CCOc1cc([C@@H]2NC(=O)N(C)C(C)=C2[N+](=O)[O-])ccc1OC(C)=O. The monoisotopic (exact) mass is 349 g/mol. The molecule has 0 spiro atoms. The van der Waals surface area contributed by atoms with Crippen LogP contribution in [0.2, 0.25) is 0 Å². The normalized spacial score (nSPS) is 17.2. The number of hydrogen-bond donors (Lipinski definition) is 1. The number of hydrogen-bond acceptors (Lipinski definition) is 6. The van der Waals surface area contributed by atoms with E-state index in [0.29, 0.717) is 12.2 Å². The average molecular weight is 349 g/mol. The quantitative estimate of drug-likeness (QED) is 0.378. The predicted octanol–water partition coefficient (Wildman–Crippen LogP) is 2.21. The van der Waals surface area contributed by atoms with Crippen LogP contribution in [0.15, 0.2) is 29.6 Å². The third kappa shape index (κ3) is 3.70. The Morgan fingerprint density at radius 2 is 2.08 bits per heavy atom. The second-order valence-corrected chi connectivity index (χ2v) is 5.40. The molecule has 2 amide bonds. The van der Waals surface area contributed by atoms with Crippen molar-refractivity contribution < 1.29 is 24.0 Å². The maximum absolute atomic E-state index is 12.0. The Labute approximate surface area is 144 Å². The van der Waals surface area contributed by atoms with Gasteiger partial charge in [0.2, 0.25) is 0 Å². The van der Waals surface area contributed by atoms with Crippen molar-refractivity contribution in [3.05, 3.63) is 45.3 Å². The van der Waals surface area contributed by atoms with Gasteiger partial charge in [-0.25, -0.2) is 4.79 Å². The Morgan fingerprint density at radius 3 is 2.64 bits per heavy atom. The van der Waals surface area contributed by atoms with Gasteiger partial charge in [0.05, 0.1) is 17.2 Å². The summed E-state index contributed by atoms with van der Waals surface area (Å²) < 4.78 is 10.5. The van der Waals surface area contributed by atoms with Crippen molar-refractivity contribution in [1.29, 1.82) is 0 Å². The molecule has 0 saturated heterocycles. The molecule has 1 N–H and O–H groups in total. The van der Waals surface area contributed by atoms with Crippen LogP contribution in [0.25, 0.3) is 0 Å². The Hall–Kier alpha value is -3.10. The van der Waals surface area contributed by atoms with Crippen molar-refractivity contribution in [3.8, 4) is 11.5 Å². The van der Waals surface area contributed by atoms with Crippen LogP contribution >= 0.6 is 0 Å². The number of ether oxygens (including phenoxy) is 2. The molecule has 1 aromatic rings. The van der Waals surface area contributed by atoms with Gasteiger partial charge in [-0.05, 0) is 31.5 Å². The summed E-state index contributed by atoms with van der Waals surface area (Å²) in [7, 11) is 1.46. The van der Waals surface area contributed by atoms with E-state index in [2.05, 4.69) is 5.32 Å². The van der Waals surface area contributed by atoms with Gasteiger partial charge in [-0.15, -0.1) is 0 Å². The molecule has 9 heteroatoms. The molecule has 0 aromatic heterocycles. The van der Waals surface area contributed by atoms with Gasteiger partial charge >= 0.3 is 12.0 Å². The molecule has 1 aromatic carbocycles. The number of nitrogens with one attached hydrogen (secondary N) is 1. The minimum atomic E-state index is -0.940. The molecule has 0 aliphatic carbocycles. The molecular formula is C16H19N3O6. The van der Waals surface area contributed by atoms with E-state index < -0.39 is 23.0 Å². The van der Waals surface area contributed by atoms with Crippen molar-refractivity contribution in [2.45, 2.75) is 26.8 Å². The first-order valence-corrected chi connectivity index (χ1v) is 7.60. The standard InChI is InChI=1S/C16H19N3O6/c1-5-24-13-8-11(6-7-12(13)25-10(3)20)14-15(19(22)23)9(2)18(4)16(21)17-14/h6-8,14H,5H2,1-4H3,(H,17,21)/t14-/m0/s1. The molecule has 25 heavy (non-hydrogen) atoms. The number of carbonyl (C=O) groups is 2. The highest BCUT2D eigenvalue weighted by Gasteiger charge is 2.38. The number of allylic oxidation sites excluding steroid dienone is 1. The molecule has 1 aliphatic rings. The van der Waals surface area contributed by atoms with Crippen molar-refractivity contribution >= 4 is 12.0 Å². The molecule has 1 aliphatic heterocycles. The molecule has 1 atom stereocenters. The first-order chi connectivity index (χ1) is 11.8. The van der Waals surface area contributed by atoms with Gasteiger partial charge in [-0.2, -0.15) is 0 Å². The van der Waals surface area contributed by atoms with Crippen molar-refractivity contribution in [1.82, 2.24) is 10.2 Å². The largest absolute Gasteiger partial charge is 0.490 e. The summed E-state index contributed by atoms with van der Waals surface area (Å²) in [4.78, 5) is 35.4. The summed E-state index contributed by atoms with van der Waals surface area (Å²) in [5, 5.41) is 14.1. The highest BCUT2D eigenvalue weighted by Crippen LogP contribution is 2.35. The molecule has 9 nitrogen and oxygen atoms in total. The second kappa shape index (κ2) is 7.20. The van der Waals surface area contributed by atoms with E-state index in [9.17, 15) is 19.7 Å². The fraction of sp³-hybridized carbons (Fsp3) is 0.375. The minimum Gasteiger partial charge on any atom is -0.490 e. The lowest BCUT2D eigenvalue weighted by Gasteiger charge is -2.29. The van der Waals surface area contributed by atoms with E-state index >= 15 is 0 Å².